The van der Waals surface area contributed by atoms with E-state index in [0.29, 0.717) is 6.04 Å². The van der Waals surface area contributed by atoms with Gasteiger partial charge in [0.05, 0.1) is 0 Å². The van der Waals surface area contributed by atoms with Crippen LogP contribution in [-0.2, 0) is 10.8 Å². The lowest BCUT2D eigenvalue weighted by molar-refractivity contribution is 0.337. The normalized spacial score (nSPS) is 30.4. The molecular weight excluding hydrogens is 172 g/mol. The van der Waals surface area contributed by atoms with Crippen molar-refractivity contribution in [3.8, 4) is 0 Å². The van der Waals surface area contributed by atoms with Crippen LogP contribution in [0.4, 0.5) is 0 Å². The molecule has 1 rings (SSSR count). The predicted molar refractivity (Wildman–Crippen MR) is 52.6 cm³/mol. The topological polar surface area (TPSA) is 46.3 Å². The summed E-state index contributed by atoms with van der Waals surface area (Å²) >= 11 is 0. The minimum Gasteiger partial charge on any atom is -0.326 e. The van der Waals surface area contributed by atoms with Crippen molar-refractivity contribution >= 4 is 10.8 Å². The maximum atomic E-state index is 11.1. The highest BCUT2D eigenvalue weighted by atomic mass is 32.2. The van der Waals surface area contributed by atoms with Gasteiger partial charge in [0, 0.05) is 41.4 Å². The Balaban J connectivity index is 2.27. The quantitative estimate of drug-likeness (QED) is 0.669. The molecule has 0 aliphatic carbocycles. The average Bonchev–Trinajstić information content (AvgIpc) is 2.35. The molecule has 1 aliphatic rings. The van der Waals surface area contributed by atoms with Crippen molar-refractivity contribution in [2.24, 2.45) is 5.73 Å². The lowest BCUT2D eigenvalue weighted by Gasteiger charge is -2.18. The smallest absolute Gasteiger partial charge is 0.0444 e. The predicted octanol–water partition coefficient (Wildman–Crippen LogP) is -0.214. The van der Waals surface area contributed by atoms with Crippen LogP contribution in [0.3, 0.4) is 0 Å². The molecule has 12 heavy (non-hydrogen) atoms. The van der Waals surface area contributed by atoms with Crippen molar-refractivity contribution in [1.29, 1.82) is 0 Å². The minimum absolute atomic E-state index is 0.273. The fourth-order valence-electron chi connectivity index (χ4n) is 1.50. The standard InChI is InChI=1S/C8H18N2OS/c1-7(12(2)11)5-10-4-3-8(9)6-10/h7-8H,3-6,9H2,1-2H3. The minimum atomic E-state index is -0.700. The molecule has 0 radical (unpaired) electrons. The first kappa shape index (κ1) is 10.2. The van der Waals surface area contributed by atoms with E-state index in [9.17, 15) is 4.21 Å². The van der Waals surface area contributed by atoms with E-state index in [1.54, 1.807) is 6.26 Å². The molecule has 72 valence electrons. The fraction of sp³-hybridized carbons (Fsp3) is 1.00. The summed E-state index contributed by atoms with van der Waals surface area (Å²) < 4.78 is 11.1. The van der Waals surface area contributed by atoms with E-state index < -0.39 is 10.8 Å². The summed E-state index contributed by atoms with van der Waals surface area (Å²) in [6.45, 7) is 5.00. The Morgan fingerprint density at radius 3 is 2.83 bits per heavy atom. The van der Waals surface area contributed by atoms with Gasteiger partial charge in [-0.25, -0.2) is 0 Å². The Bertz CT molecular complexity index is 174. The van der Waals surface area contributed by atoms with Crippen molar-refractivity contribution in [1.82, 2.24) is 4.90 Å². The number of likely N-dealkylation sites (tertiary alicyclic amines) is 1. The molecule has 0 spiro atoms. The molecule has 0 aromatic carbocycles. The zero-order chi connectivity index (χ0) is 9.14. The van der Waals surface area contributed by atoms with E-state index in [1.165, 1.54) is 0 Å². The summed E-state index contributed by atoms with van der Waals surface area (Å²) in [5.74, 6) is 0. The third-order valence-electron chi connectivity index (χ3n) is 2.39. The molecule has 3 atom stereocenters. The fourth-order valence-corrected chi connectivity index (χ4v) is 1.92. The lowest BCUT2D eigenvalue weighted by atomic mass is 10.3. The van der Waals surface area contributed by atoms with Gasteiger partial charge in [0.1, 0.15) is 0 Å². The molecule has 3 unspecified atom stereocenters. The maximum absolute atomic E-state index is 11.1. The second-order valence-corrected chi connectivity index (χ2v) is 5.42. The Kier molecular flexibility index (Phi) is 3.68. The molecule has 1 saturated heterocycles. The second-order valence-electron chi connectivity index (χ2n) is 3.62. The Hall–Kier alpha value is 0.0700. The Labute approximate surface area is 76.8 Å². The molecule has 0 aromatic rings. The van der Waals surface area contributed by atoms with Gasteiger partial charge in [-0.05, 0) is 19.9 Å². The highest BCUT2D eigenvalue weighted by Gasteiger charge is 2.21. The van der Waals surface area contributed by atoms with Gasteiger partial charge in [-0.15, -0.1) is 0 Å². The van der Waals surface area contributed by atoms with Crippen LogP contribution in [0.1, 0.15) is 13.3 Å². The lowest BCUT2D eigenvalue weighted by Crippen LogP contribution is -2.33. The number of hydrogen-bond donors (Lipinski definition) is 1. The monoisotopic (exact) mass is 190 g/mol. The summed E-state index contributed by atoms with van der Waals surface area (Å²) in [6, 6.07) is 0.336. The van der Waals surface area contributed by atoms with E-state index in [1.807, 2.05) is 6.92 Å². The molecule has 2 N–H and O–H groups in total. The van der Waals surface area contributed by atoms with Gasteiger partial charge in [-0.3, -0.25) is 4.21 Å². The van der Waals surface area contributed by atoms with Crippen LogP contribution in [0.15, 0.2) is 0 Å². The number of nitrogens with two attached hydrogens (primary N) is 1. The van der Waals surface area contributed by atoms with E-state index in [-0.39, 0.29) is 5.25 Å². The SMILES string of the molecule is CC(CN1CCC(N)C1)S(C)=O. The van der Waals surface area contributed by atoms with Crippen molar-refractivity contribution < 1.29 is 4.21 Å². The highest BCUT2D eigenvalue weighted by Crippen LogP contribution is 2.08. The molecule has 0 amide bonds. The van der Waals surface area contributed by atoms with Crippen molar-refractivity contribution in [3.05, 3.63) is 0 Å². The summed E-state index contributed by atoms with van der Waals surface area (Å²) in [5, 5.41) is 0.273. The zero-order valence-electron chi connectivity index (χ0n) is 7.82. The molecule has 0 bridgehead atoms. The van der Waals surface area contributed by atoms with Gasteiger partial charge in [0.2, 0.25) is 0 Å². The van der Waals surface area contributed by atoms with Gasteiger partial charge in [0.25, 0.3) is 0 Å². The zero-order valence-corrected chi connectivity index (χ0v) is 8.64. The third kappa shape index (κ3) is 2.84. The molecule has 1 heterocycles. The molecule has 0 saturated carbocycles. The number of nitrogens with zero attached hydrogens (tertiary/aromatic N) is 1. The molecule has 1 aliphatic heterocycles. The van der Waals surface area contributed by atoms with Gasteiger partial charge in [-0.1, -0.05) is 0 Å². The van der Waals surface area contributed by atoms with Gasteiger partial charge in [0.15, 0.2) is 0 Å². The van der Waals surface area contributed by atoms with Crippen molar-refractivity contribution in [2.75, 3.05) is 25.9 Å². The summed E-state index contributed by atoms with van der Waals surface area (Å²) in [6.07, 6.45) is 2.85. The third-order valence-corrected chi connectivity index (χ3v) is 3.67. The first-order chi connectivity index (χ1) is 5.59. The summed E-state index contributed by atoms with van der Waals surface area (Å²) in [4.78, 5) is 2.30. The number of rotatable bonds is 3. The largest absolute Gasteiger partial charge is 0.326 e. The first-order valence-corrected chi connectivity index (χ1v) is 6.02. The van der Waals surface area contributed by atoms with Gasteiger partial charge < -0.3 is 10.6 Å². The first-order valence-electron chi connectivity index (χ1n) is 4.39. The van der Waals surface area contributed by atoms with Crippen LogP contribution < -0.4 is 5.73 Å². The molecule has 0 aromatic heterocycles. The molecule has 4 heteroatoms. The number of hydrogen-bond acceptors (Lipinski definition) is 3. The second kappa shape index (κ2) is 4.35. The van der Waals surface area contributed by atoms with Crippen LogP contribution in [0.2, 0.25) is 0 Å². The van der Waals surface area contributed by atoms with Crippen molar-refractivity contribution in [2.45, 2.75) is 24.6 Å². The highest BCUT2D eigenvalue weighted by molar-refractivity contribution is 7.84. The van der Waals surface area contributed by atoms with Gasteiger partial charge >= 0.3 is 0 Å². The molecule has 1 fully saturated rings. The van der Waals surface area contributed by atoms with Crippen LogP contribution in [0.5, 0.6) is 0 Å². The van der Waals surface area contributed by atoms with Crippen LogP contribution in [-0.4, -0.2) is 46.3 Å². The Morgan fingerprint density at radius 1 is 1.75 bits per heavy atom. The van der Waals surface area contributed by atoms with Crippen LogP contribution in [0.25, 0.3) is 0 Å². The summed E-state index contributed by atoms with van der Waals surface area (Å²) in [7, 11) is -0.700. The van der Waals surface area contributed by atoms with E-state index in [0.717, 1.165) is 26.1 Å². The average molecular weight is 190 g/mol. The Morgan fingerprint density at radius 2 is 2.42 bits per heavy atom. The summed E-state index contributed by atoms with van der Waals surface area (Å²) in [5.41, 5.74) is 5.76. The molecular formula is C8H18N2OS. The van der Waals surface area contributed by atoms with Crippen molar-refractivity contribution in [3.63, 3.8) is 0 Å². The van der Waals surface area contributed by atoms with E-state index in [4.69, 9.17) is 5.73 Å². The molecule has 3 nitrogen and oxygen atoms in total. The van der Waals surface area contributed by atoms with E-state index >= 15 is 0 Å². The van der Waals surface area contributed by atoms with E-state index in [2.05, 4.69) is 4.90 Å². The maximum Gasteiger partial charge on any atom is 0.0444 e. The van der Waals surface area contributed by atoms with Gasteiger partial charge in [-0.2, -0.15) is 0 Å². The van der Waals surface area contributed by atoms with Crippen LogP contribution >= 0.6 is 0 Å². The van der Waals surface area contributed by atoms with Crippen LogP contribution in [0, 0.1) is 0 Å².